The fourth-order valence-electron chi connectivity index (χ4n) is 6.97. The van der Waals surface area contributed by atoms with Gasteiger partial charge in [-0.1, -0.05) is 96.6 Å². The first kappa shape index (κ1) is 40.8. The number of carbonyl (C=O) groups is 3. The van der Waals surface area contributed by atoms with E-state index in [2.05, 4.69) is 25.9 Å². The number of rotatable bonds is 21. The lowest BCUT2D eigenvalue weighted by Crippen LogP contribution is -2.57. The molecule has 3 amide bonds. The second-order valence-corrected chi connectivity index (χ2v) is 14.5. The number of H-pyrrole nitrogens is 1. The first-order valence-electron chi connectivity index (χ1n) is 19.0. The summed E-state index contributed by atoms with van der Waals surface area (Å²) in [6.45, 7) is 8.41. The number of aromatic amines is 1. The molecule has 12 nitrogen and oxygen atoms in total. The van der Waals surface area contributed by atoms with Crippen molar-refractivity contribution in [1.29, 1.82) is 0 Å². The van der Waals surface area contributed by atoms with E-state index in [9.17, 15) is 24.6 Å². The molecule has 0 aliphatic heterocycles. The molecule has 1 unspecified atom stereocenters. The van der Waals surface area contributed by atoms with E-state index in [0.29, 0.717) is 31.9 Å². The topological polar surface area (TPSA) is 175 Å². The predicted molar refractivity (Wildman–Crippen MR) is 200 cm³/mol. The molecule has 1 heterocycles. The van der Waals surface area contributed by atoms with Gasteiger partial charge in [0.1, 0.15) is 30.3 Å². The molecular weight excluding hydrogens is 662 g/mol. The van der Waals surface area contributed by atoms with E-state index in [0.717, 1.165) is 48.9 Å². The summed E-state index contributed by atoms with van der Waals surface area (Å²) in [4.78, 5) is 48.2. The van der Waals surface area contributed by atoms with Gasteiger partial charge in [0.25, 0.3) is 0 Å². The minimum Gasteiger partial charge on any atom is -0.491 e. The molecule has 1 aliphatic carbocycles. The third-order valence-electron chi connectivity index (χ3n) is 10.2. The number of aromatic nitrogens is 2. The number of nitrogens with one attached hydrogen (secondary N) is 4. The largest absolute Gasteiger partial charge is 0.491 e. The zero-order valence-electron chi connectivity index (χ0n) is 31.2. The molecule has 52 heavy (non-hydrogen) atoms. The number of benzene rings is 2. The molecule has 0 spiro atoms. The van der Waals surface area contributed by atoms with E-state index >= 15 is 0 Å². The molecule has 286 valence electrons. The number of nitrogens with zero attached hydrogens (tertiary/aromatic N) is 1. The minimum atomic E-state index is -1.49. The Labute approximate surface area is 307 Å². The Balaban J connectivity index is 1.36. The van der Waals surface area contributed by atoms with Crippen molar-refractivity contribution in [3.63, 3.8) is 0 Å². The lowest BCUT2D eigenvalue weighted by Gasteiger charge is -2.36. The Hall–Kier alpha value is -4.00. The maximum Gasteiger partial charge on any atom is 0.243 e. The average molecular weight is 722 g/mol. The van der Waals surface area contributed by atoms with Crippen molar-refractivity contribution < 1.29 is 34.1 Å². The van der Waals surface area contributed by atoms with E-state index in [-0.39, 0.29) is 49.1 Å². The van der Waals surface area contributed by atoms with Crippen LogP contribution >= 0.6 is 0 Å². The molecule has 6 N–H and O–H groups in total. The van der Waals surface area contributed by atoms with E-state index < -0.39 is 36.1 Å². The molecule has 12 heteroatoms. The number of ether oxygens (including phenoxy) is 2. The third-order valence-corrected chi connectivity index (χ3v) is 10.2. The molecule has 1 aromatic heterocycles. The normalized spacial score (nSPS) is 17.1. The van der Waals surface area contributed by atoms with Crippen LogP contribution in [0.2, 0.25) is 0 Å². The molecule has 4 rings (SSSR count). The summed E-state index contributed by atoms with van der Waals surface area (Å²) in [5.74, 6) is -1.20. The molecule has 2 aromatic carbocycles. The van der Waals surface area contributed by atoms with E-state index in [1.807, 2.05) is 68.4 Å². The summed E-state index contributed by atoms with van der Waals surface area (Å²) in [5, 5.41) is 32.1. The van der Waals surface area contributed by atoms with Crippen molar-refractivity contribution in [3.05, 3.63) is 60.4 Å². The highest BCUT2D eigenvalue weighted by molar-refractivity contribution is 5.89. The highest BCUT2D eigenvalue weighted by Crippen LogP contribution is 2.30. The fraction of sp³-hybridized carbons (Fsp3) is 0.600. The van der Waals surface area contributed by atoms with Gasteiger partial charge in [-0.25, -0.2) is 4.98 Å². The van der Waals surface area contributed by atoms with Crippen molar-refractivity contribution in [3.8, 4) is 5.75 Å². The van der Waals surface area contributed by atoms with Crippen LogP contribution in [0.3, 0.4) is 0 Å². The van der Waals surface area contributed by atoms with Gasteiger partial charge < -0.3 is 40.6 Å². The summed E-state index contributed by atoms with van der Waals surface area (Å²) in [6, 6.07) is 15.4. The number of hydrogen-bond donors (Lipinski definition) is 6. The molecule has 3 aromatic rings. The SMILES string of the molecule is CCC(C)[C@H](NC(=O)[C@H](C(C)C)[C@@H](O)[C@H](O)[C@H](CC1CCCCC1)NC(=O)CCOCCOc1ccccc1)C(=O)NCc1nc2ccccc2[nH]1. The quantitative estimate of drug-likeness (QED) is 0.0863. The summed E-state index contributed by atoms with van der Waals surface area (Å²) in [7, 11) is 0. The summed E-state index contributed by atoms with van der Waals surface area (Å²) < 4.78 is 11.3. The number of aliphatic hydroxyl groups is 2. The molecule has 0 bridgehead atoms. The van der Waals surface area contributed by atoms with Gasteiger partial charge in [0.05, 0.1) is 48.9 Å². The lowest BCUT2D eigenvalue weighted by molar-refractivity contribution is -0.140. The van der Waals surface area contributed by atoms with Crippen LogP contribution in [-0.2, 0) is 25.7 Å². The lowest BCUT2D eigenvalue weighted by atomic mass is 9.79. The second-order valence-electron chi connectivity index (χ2n) is 14.5. The zero-order valence-corrected chi connectivity index (χ0v) is 31.2. The number of carbonyl (C=O) groups excluding carboxylic acids is 3. The highest BCUT2D eigenvalue weighted by Gasteiger charge is 2.41. The van der Waals surface area contributed by atoms with Crippen molar-refractivity contribution in [1.82, 2.24) is 25.9 Å². The summed E-state index contributed by atoms with van der Waals surface area (Å²) in [6.07, 6.45) is 3.56. The van der Waals surface area contributed by atoms with Crippen LogP contribution < -0.4 is 20.7 Å². The Morgan fingerprint density at radius 2 is 1.60 bits per heavy atom. The second kappa shape index (κ2) is 20.9. The highest BCUT2D eigenvalue weighted by atomic mass is 16.5. The van der Waals surface area contributed by atoms with Crippen LogP contribution in [0.25, 0.3) is 11.0 Å². The van der Waals surface area contributed by atoms with Gasteiger partial charge in [0, 0.05) is 6.42 Å². The Morgan fingerprint density at radius 3 is 2.29 bits per heavy atom. The maximum absolute atomic E-state index is 13.9. The summed E-state index contributed by atoms with van der Waals surface area (Å²) in [5.41, 5.74) is 1.66. The number of hydrogen-bond acceptors (Lipinski definition) is 8. The third kappa shape index (κ3) is 12.3. The van der Waals surface area contributed by atoms with Gasteiger partial charge in [-0.3, -0.25) is 14.4 Å². The van der Waals surface area contributed by atoms with Crippen molar-refractivity contribution in [2.75, 3.05) is 19.8 Å². The Bertz CT molecular complexity index is 1490. The maximum atomic E-state index is 13.9. The summed E-state index contributed by atoms with van der Waals surface area (Å²) >= 11 is 0. The van der Waals surface area contributed by atoms with Crippen molar-refractivity contribution >= 4 is 28.8 Å². The van der Waals surface area contributed by atoms with Gasteiger partial charge in [-0.15, -0.1) is 0 Å². The molecule has 1 saturated carbocycles. The smallest absolute Gasteiger partial charge is 0.243 e. The predicted octanol–water partition coefficient (Wildman–Crippen LogP) is 4.64. The van der Waals surface area contributed by atoms with Gasteiger partial charge in [-0.2, -0.15) is 0 Å². The van der Waals surface area contributed by atoms with Gasteiger partial charge >= 0.3 is 0 Å². The molecule has 1 aliphatic rings. The number of imidazole rings is 1. The van der Waals surface area contributed by atoms with E-state index in [1.54, 1.807) is 13.8 Å². The average Bonchev–Trinajstić information content (AvgIpc) is 3.57. The number of fused-ring (bicyclic) bond motifs is 1. The molecule has 0 saturated heterocycles. The fourth-order valence-corrected chi connectivity index (χ4v) is 6.97. The number of amides is 3. The van der Waals surface area contributed by atoms with Crippen LogP contribution in [0.1, 0.15) is 84.9 Å². The minimum absolute atomic E-state index is 0.0726. The van der Waals surface area contributed by atoms with Crippen molar-refractivity contribution in [2.45, 2.75) is 110 Å². The van der Waals surface area contributed by atoms with Crippen LogP contribution in [0.5, 0.6) is 5.75 Å². The zero-order chi connectivity index (χ0) is 37.5. The molecule has 6 atom stereocenters. The monoisotopic (exact) mass is 721 g/mol. The first-order chi connectivity index (χ1) is 25.1. The Morgan fingerprint density at radius 1 is 0.885 bits per heavy atom. The van der Waals surface area contributed by atoms with Crippen LogP contribution in [0.15, 0.2) is 54.6 Å². The standard InChI is InChI=1S/C40H59N5O7/c1-5-27(4)36(40(50)41-25-33-42-30-18-12-13-19-31(30)43-33)45-39(49)35(26(2)3)38(48)37(47)32(24-28-14-8-6-9-15-28)44-34(46)20-21-51-22-23-52-29-16-10-7-11-17-29/h7,10-13,16-19,26-28,32,35-38,47-48H,5-6,8-9,14-15,20-25H2,1-4H3,(H,41,50)(H,42,43)(H,44,46)(H,45,49)/t27?,32-,35+,36-,37+,38+/m0/s1. The van der Waals surface area contributed by atoms with Gasteiger partial charge in [-0.05, 0) is 48.4 Å². The first-order valence-corrected chi connectivity index (χ1v) is 19.0. The van der Waals surface area contributed by atoms with Gasteiger partial charge in [0.15, 0.2) is 0 Å². The van der Waals surface area contributed by atoms with Crippen LogP contribution in [0.4, 0.5) is 0 Å². The Kier molecular flexibility index (Phi) is 16.4. The van der Waals surface area contributed by atoms with Crippen LogP contribution in [0, 0.1) is 23.7 Å². The van der Waals surface area contributed by atoms with Crippen molar-refractivity contribution in [2.24, 2.45) is 23.7 Å². The number of para-hydroxylation sites is 3. The molecule has 1 fully saturated rings. The number of aliphatic hydroxyl groups excluding tert-OH is 2. The van der Waals surface area contributed by atoms with Crippen LogP contribution in [-0.4, -0.2) is 82.0 Å². The van der Waals surface area contributed by atoms with E-state index in [4.69, 9.17) is 9.47 Å². The molecular formula is C40H59N5O7. The van der Waals surface area contributed by atoms with Gasteiger partial charge in [0.2, 0.25) is 17.7 Å². The van der Waals surface area contributed by atoms with E-state index in [1.165, 1.54) is 0 Å². The molecule has 0 radical (unpaired) electrons.